The van der Waals surface area contributed by atoms with Gasteiger partial charge in [0, 0.05) is 0 Å². The summed E-state index contributed by atoms with van der Waals surface area (Å²) in [5.74, 6) is -0.0783. The molecule has 0 spiro atoms. The summed E-state index contributed by atoms with van der Waals surface area (Å²) in [6, 6.07) is 1.88. The third kappa shape index (κ3) is 13.6. The Morgan fingerprint density at radius 2 is 1.68 bits per heavy atom. The summed E-state index contributed by atoms with van der Waals surface area (Å²) in [5, 5.41) is 8.49. The van der Waals surface area contributed by atoms with Gasteiger partial charge in [0.2, 0.25) is 0 Å². The molecule has 0 aromatic heterocycles. The summed E-state index contributed by atoms with van der Waals surface area (Å²) >= 11 is 0. The number of carbonyl (C=O) groups excluding carboxylic acids is 3. The molecular formula is C21H29NO3. The van der Waals surface area contributed by atoms with Crippen LogP contribution in [0, 0.1) is 16.7 Å². The molecule has 0 saturated carbocycles. The number of hydrogen-bond donors (Lipinski definition) is 0. The minimum Gasteiger partial charge on any atom is -0.293 e. The zero-order valence-electron chi connectivity index (χ0n) is 16.2. The van der Waals surface area contributed by atoms with Crippen molar-refractivity contribution >= 4 is 11.9 Å². The number of nitrogens with zero attached hydrogens (tertiary/aromatic N) is 1. The molecule has 0 aliphatic heterocycles. The summed E-state index contributed by atoms with van der Waals surface area (Å²) in [6.07, 6.45) is 12.5. The van der Waals surface area contributed by atoms with Crippen molar-refractivity contribution in [3.63, 3.8) is 0 Å². The third-order valence-electron chi connectivity index (χ3n) is 3.40. The number of carbonyl (C=O) groups is 1. The first kappa shape index (κ1) is 24.7. The molecule has 0 radical (unpaired) electrons. The van der Waals surface area contributed by atoms with Crippen LogP contribution in [0.2, 0.25) is 0 Å². The predicted octanol–water partition coefficient (Wildman–Crippen LogP) is 5.11. The standard InChI is InChI=1S/C20H29NO.CO2/c1-7-18(20(4,5)6)15-16(2)11-9-8-10-12-17(3)19(22)13-14-21;2-1-3/h7,9,11-12,15H,8,10,13H2,1-6H3;/b11-9+,16-15+,17-12+,18-7+;. The van der Waals surface area contributed by atoms with Crippen molar-refractivity contribution in [2.75, 3.05) is 0 Å². The lowest BCUT2D eigenvalue weighted by atomic mass is 9.85. The van der Waals surface area contributed by atoms with Crippen LogP contribution in [0.5, 0.6) is 0 Å². The molecule has 0 amide bonds. The lowest BCUT2D eigenvalue weighted by Gasteiger charge is -2.20. The van der Waals surface area contributed by atoms with Gasteiger partial charge in [-0.1, -0.05) is 56.7 Å². The van der Waals surface area contributed by atoms with E-state index in [1.54, 1.807) is 6.92 Å². The van der Waals surface area contributed by atoms with E-state index < -0.39 is 0 Å². The van der Waals surface area contributed by atoms with E-state index in [4.69, 9.17) is 14.9 Å². The van der Waals surface area contributed by atoms with Gasteiger partial charge in [0.15, 0.2) is 5.78 Å². The van der Waals surface area contributed by atoms with Crippen molar-refractivity contribution in [3.05, 3.63) is 47.1 Å². The van der Waals surface area contributed by atoms with Gasteiger partial charge in [0.1, 0.15) is 0 Å². The highest BCUT2D eigenvalue weighted by atomic mass is 16.2. The molecule has 25 heavy (non-hydrogen) atoms. The van der Waals surface area contributed by atoms with Gasteiger partial charge in [-0.05, 0) is 50.2 Å². The zero-order chi connectivity index (χ0) is 19.9. The van der Waals surface area contributed by atoms with Crippen LogP contribution in [0.3, 0.4) is 0 Å². The van der Waals surface area contributed by atoms with Crippen LogP contribution in [0.1, 0.15) is 60.8 Å². The lowest BCUT2D eigenvalue weighted by molar-refractivity contribution is -0.191. The van der Waals surface area contributed by atoms with E-state index in [9.17, 15) is 4.79 Å². The maximum atomic E-state index is 11.4. The Balaban J connectivity index is 0. The van der Waals surface area contributed by atoms with Crippen LogP contribution in [-0.4, -0.2) is 11.9 Å². The summed E-state index contributed by atoms with van der Waals surface area (Å²) in [7, 11) is 0. The van der Waals surface area contributed by atoms with E-state index >= 15 is 0 Å². The van der Waals surface area contributed by atoms with Crippen LogP contribution in [-0.2, 0) is 14.4 Å². The van der Waals surface area contributed by atoms with Crippen LogP contribution in [0.15, 0.2) is 47.1 Å². The maximum Gasteiger partial charge on any atom is 0.373 e. The SMILES string of the molecule is C\C=C(/C=C(C)/C=C/CC/C=C(\C)C(=O)CC#N)C(C)(C)C.O=C=O. The fraction of sp³-hybridized carbons (Fsp3) is 0.476. The second-order valence-electron chi connectivity index (χ2n) is 6.59. The maximum absolute atomic E-state index is 11.4. The number of unbranched alkanes of at least 4 members (excludes halogenated alkanes) is 1. The normalized spacial score (nSPS) is 12.9. The van der Waals surface area contributed by atoms with Crippen molar-refractivity contribution in [1.82, 2.24) is 0 Å². The fourth-order valence-corrected chi connectivity index (χ4v) is 2.02. The molecule has 136 valence electrons. The molecule has 0 atom stereocenters. The van der Waals surface area contributed by atoms with Crippen molar-refractivity contribution in [2.24, 2.45) is 5.41 Å². The second kappa shape index (κ2) is 13.9. The molecule has 0 aromatic rings. The smallest absolute Gasteiger partial charge is 0.293 e. The van der Waals surface area contributed by atoms with Crippen molar-refractivity contribution in [3.8, 4) is 6.07 Å². The molecular weight excluding hydrogens is 314 g/mol. The predicted molar refractivity (Wildman–Crippen MR) is 99.3 cm³/mol. The summed E-state index contributed by atoms with van der Waals surface area (Å²) in [4.78, 5) is 27.7. The van der Waals surface area contributed by atoms with Crippen LogP contribution in [0.4, 0.5) is 0 Å². The summed E-state index contributed by atoms with van der Waals surface area (Å²) in [5.41, 5.74) is 3.40. The van der Waals surface area contributed by atoms with Crippen molar-refractivity contribution in [1.29, 1.82) is 5.26 Å². The van der Waals surface area contributed by atoms with Crippen molar-refractivity contribution < 1.29 is 14.4 Å². The lowest BCUT2D eigenvalue weighted by Crippen LogP contribution is -2.07. The van der Waals surface area contributed by atoms with Gasteiger partial charge in [-0.3, -0.25) is 4.79 Å². The Kier molecular flexibility index (Phi) is 13.8. The van der Waals surface area contributed by atoms with Crippen LogP contribution < -0.4 is 0 Å². The molecule has 0 aliphatic carbocycles. The molecule has 0 fully saturated rings. The number of Topliss-reactive ketones (excluding diaryl/α,β-unsaturated/α-hetero) is 1. The van der Waals surface area contributed by atoms with Gasteiger partial charge in [0.05, 0.1) is 12.5 Å². The van der Waals surface area contributed by atoms with Crippen LogP contribution >= 0.6 is 0 Å². The zero-order valence-corrected chi connectivity index (χ0v) is 16.2. The Morgan fingerprint density at radius 3 is 2.12 bits per heavy atom. The summed E-state index contributed by atoms with van der Waals surface area (Å²) < 4.78 is 0. The van der Waals surface area contributed by atoms with Gasteiger partial charge in [-0.2, -0.15) is 14.9 Å². The Bertz CT molecular complexity index is 615. The second-order valence-corrected chi connectivity index (χ2v) is 6.59. The first-order valence-corrected chi connectivity index (χ1v) is 8.21. The van der Waals surface area contributed by atoms with Gasteiger partial charge in [0.25, 0.3) is 0 Å². The molecule has 0 unspecified atom stereocenters. The number of nitriles is 1. The molecule has 0 aromatic carbocycles. The van der Waals surface area contributed by atoms with E-state index in [-0.39, 0.29) is 23.8 Å². The highest BCUT2D eigenvalue weighted by Crippen LogP contribution is 2.27. The molecule has 0 saturated heterocycles. The molecule has 0 rings (SSSR count). The number of rotatable bonds is 7. The third-order valence-corrected chi connectivity index (χ3v) is 3.40. The Labute approximate surface area is 151 Å². The van der Waals surface area contributed by atoms with Gasteiger partial charge >= 0.3 is 6.15 Å². The quantitative estimate of drug-likeness (QED) is 0.366. The van der Waals surface area contributed by atoms with E-state index in [0.717, 1.165) is 12.8 Å². The Morgan fingerprint density at radius 1 is 1.12 bits per heavy atom. The topological polar surface area (TPSA) is 75.0 Å². The van der Waals surface area contributed by atoms with Gasteiger partial charge < -0.3 is 0 Å². The molecule has 0 heterocycles. The van der Waals surface area contributed by atoms with Crippen molar-refractivity contribution in [2.45, 2.75) is 60.8 Å². The highest BCUT2D eigenvalue weighted by Gasteiger charge is 2.13. The first-order chi connectivity index (χ1) is 11.6. The molecule has 0 bridgehead atoms. The van der Waals surface area contributed by atoms with E-state index in [2.05, 4.69) is 58.9 Å². The monoisotopic (exact) mass is 343 g/mol. The molecule has 0 aliphatic rings. The average molecular weight is 343 g/mol. The van der Waals surface area contributed by atoms with Crippen LogP contribution in [0.25, 0.3) is 0 Å². The largest absolute Gasteiger partial charge is 0.373 e. The minimum atomic E-state index is -0.0783. The van der Waals surface area contributed by atoms with E-state index in [1.165, 1.54) is 11.1 Å². The van der Waals surface area contributed by atoms with E-state index in [1.807, 2.05) is 12.1 Å². The number of allylic oxidation sites excluding steroid dienone is 8. The minimum absolute atomic E-state index is 0.0288. The summed E-state index contributed by atoms with van der Waals surface area (Å²) in [6.45, 7) is 12.6. The Hall–Kier alpha value is -2.50. The number of ketones is 1. The van der Waals surface area contributed by atoms with E-state index in [0.29, 0.717) is 5.57 Å². The highest BCUT2D eigenvalue weighted by molar-refractivity contribution is 5.95. The number of hydrogen-bond acceptors (Lipinski definition) is 4. The molecule has 4 nitrogen and oxygen atoms in total. The first-order valence-electron chi connectivity index (χ1n) is 8.21. The molecule has 4 heteroatoms. The van der Waals surface area contributed by atoms with Gasteiger partial charge in [-0.15, -0.1) is 0 Å². The fourth-order valence-electron chi connectivity index (χ4n) is 2.02. The molecule has 0 N–H and O–H groups in total. The van der Waals surface area contributed by atoms with Gasteiger partial charge in [-0.25, -0.2) is 0 Å². The average Bonchev–Trinajstić information content (AvgIpc) is 2.51.